The van der Waals surface area contributed by atoms with Gasteiger partial charge < -0.3 is 20.7 Å². The van der Waals surface area contributed by atoms with Crippen LogP contribution in [0.15, 0.2) is 114 Å². The molecule has 1 atom stereocenters. The zero-order valence-electron chi connectivity index (χ0n) is 23.3. The Hall–Kier alpha value is -5.42. The van der Waals surface area contributed by atoms with Crippen LogP contribution in [0, 0.1) is 10.1 Å². The van der Waals surface area contributed by atoms with E-state index in [1.165, 1.54) is 43.1 Å². The first-order valence-electron chi connectivity index (χ1n) is 13.1. The molecule has 0 radical (unpaired) electrons. The number of nitro groups is 1. The van der Waals surface area contributed by atoms with Crippen LogP contribution >= 0.6 is 11.8 Å². The minimum Gasteiger partial charge on any atom is -0.495 e. The summed E-state index contributed by atoms with van der Waals surface area (Å²) in [4.78, 5) is 50.9. The number of benzene rings is 4. The van der Waals surface area contributed by atoms with E-state index in [0.717, 1.165) is 0 Å². The topological polar surface area (TPSA) is 140 Å². The molecule has 4 aromatic carbocycles. The van der Waals surface area contributed by atoms with Crippen LogP contribution in [-0.4, -0.2) is 35.0 Å². The molecular weight excluding hydrogens is 568 g/mol. The van der Waals surface area contributed by atoms with Crippen molar-refractivity contribution in [1.82, 2.24) is 5.32 Å². The lowest BCUT2D eigenvalue weighted by molar-refractivity contribution is -0.385. The molecule has 11 heteroatoms. The van der Waals surface area contributed by atoms with Gasteiger partial charge in [0.2, 0.25) is 5.91 Å². The minimum atomic E-state index is -0.688. The Labute approximate surface area is 252 Å². The van der Waals surface area contributed by atoms with Crippen molar-refractivity contribution >= 4 is 52.6 Å². The first kappa shape index (κ1) is 30.5. The van der Waals surface area contributed by atoms with Gasteiger partial charge in [0.15, 0.2) is 0 Å². The Morgan fingerprint density at radius 3 is 2.33 bits per heavy atom. The molecule has 0 aliphatic carbocycles. The Morgan fingerprint density at radius 1 is 0.884 bits per heavy atom. The highest BCUT2D eigenvalue weighted by Gasteiger charge is 2.20. The number of para-hydroxylation sites is 3. The standard InChI is InChI=1S/C32H28N4O6S/c1-21(30(37)34-26-16-7-9-18-29(26)42-2)43-25-15-10-14-24(20-25)33-32(39)27(35-31(38)22-11-4-3-5-12-22)19-23-13-6-8-17-28(23)36(40)41/h3-21H,1-2H3,(H,33,39)(H,34,37)(H,35,38)/b27-19+. The average Bonchev–Trinajstić information content (AvgIpc) is 3.01. The smallest absolute Gasteiger partial charge is 0.276 e. The molecule has 0 bridgehead atoms. The van der Waals surface area contributed by atoms with Crippen LogP contribution in [-0.2, 0) is 9.59 Å². The molecule has 10 nitrogen and oxygen atoms in total. The summed E-state index contributed by atoms with van der Waals surface area (Å²) < 4.78 is 5.30. The monoisotopic (exact) mass is 596 g/mol. The molecule has 0 saturated heterocycles. The number of hydrogen-bond donors (Lipinski definition) is 3. The second-order valence-electron chi connectivity index (χ2n) is 9.13. The van der Waals surface area contributed by atoms with Crippen LogP contribution < -0.4 is 20.7 Å². The molecule has 4 rings (SSSR count). The Kier molecular flexibility index (Phi) is 10.3. The van der Waals surface area contributed by atoms with E-state index < -0.39 is 22.0 Å². The first-order valence-corrected chi connectivity index (χ1v) is 14.0. The summed E-state index contributed by atoms with van der Waals surface area (Å²) in [6.07, 6.45) is 1.26. The van der Waals surface area contributed by atoms with E-state index in [0.29, 0.717) is 27.6 Å². The van der Waals surface area contributed by atoms with Gasteiger partial charge in [-0.3, -0.25) is 24.5 Å². The van der Waals surface area contributed by atoms with Crippen molar-refractivity contribution in [1.29, 1.82) is 0 Å². The van der Waals surface area contributed by atoms with Gasteiger partial charge in [0.05, 0.1) is 28.5 Å². The number of nitrogens with one attached hydrogen (secondary N) is 3. The van der Waals surface area contributed by atoms with Crippen LogP contribution in [0.4, 0.5) is 17.1 Å². The van der Waals surface area contributed by atoms with Crippen molar-refractivity contribution in [2.45, 2.75) is 17.1 Å². The number of amides is 3. The highest BCUT2D eigenvalue weighted by atomic mass is 32.2. The largest absolute Gasteiger partial charge is 0.495 e. The summed E-state index contributed by atoms with van der Waals surface area (Å²) >= 11 is 1.29. The van der Waals surface area contributed by atoms with Gasteiger partial charge in [-0.25, -0.2) is 0 Å². The van der Waals surface area contributed by atoms with Crippen LogP contribution in [0.25, 0.3) is 6.08 Å². The number of hydrogen-bond acceptors (Lipinski definition) is 7. The fourth-order valence-corrected chi connectivity index (χ4v) is 4.89. The molecule has 4 aromatic rings. The SMILES string of the molecule is COc1ccccc1NC(=O)C(C)Sc1cccc(NC(=O)/C(=C\c2ccccc2[N+](=O)[O-])NC(=O)c2ccccc2)c1. The fraction of sp³-hybridized carbons (Fsp3) is 0.0938. The molecule has 1 unspecified atom stereocenters. The predicted octanol–water partition coefficient (Wildman–Crippen LogP) is 6.13. The number of carbonyl (C=O) groups excluding carboxylic acids is 3. The van der Waals surface area contributed by atoms with Gasteiger partial charge in [-0.05, 0) is 61.5 Å². The van der Waals surface area contributed by atoms with E-state index in [1.54, 1.807) is 91.9 Å². The van der Waals surface area contributed by atoms with Crippen LogP contribution in [0.2, 0.25) is 0 Å². The number of ether oxygens (including phenoxy) is 1. The molecule has 3 amide bonds. The predicted molar refractivity (Wildman–Crippen MR) is 167 cm³/mol. The van der Waals surface area contributed by atoms with E-state index >= 15 is 0 Å². The van der Waals surface area contributed by atoms with Crippen molar-refractivity contribution < 1.29 is 24.0 Å². The zero-order valence-corrected chi connectivity index (χ0v) is 24.1. The number of methoxy groups -OCH3 is 1. The van der Waals surface area contributed by atoms with Crippen molar-refractivity contribution in [3.8, 4) is 5.75 Å². The van der Waals surface area contributed by atoms with Gasteiger partial charge in [0.1, 0.15) is 11.4 Å². The Balaban J connectivity index is 1.53. The average molecular weight is 597 g/mol. The van der Waals surface area contributed by atoms with E-state index in [1.807, 2.05) is 0 Å². The van der Waals surface area contributed by atoms with Crippen molar-refractivity contribution in [2.75, 3.05) is 17.7 Å². The number of carbonyl (C=O) groups is 3. The van der Waals surface area contributed by atoms with Crippen LogP contribution in [0.5, 0.6) is 5.75 Å². The van der Waals surface area contributed by atoms with E-state index in [9.17, 15) is 24.5 Å². The lowest BCUT2D eigenvalue weighted by Crippen LogP contribution is -2.30. The second-order valence-corrected chi connectivity index (χ2v) is 10.5. The number of rotatable bonds is 11. The van der Waals surface area contributed by atoms with Gasteiger partial charge in [0.25, 0.3) is 17.5 Å². The molecule has 0 fully saturated rings. The van der Waals surface area contributed by atoms with E-state index in [2.05, 4.69) is 16.0 Å². The van der Waals surface area contributed by atoms with Gasteiger partial charge >= 0.3 is 0 Å². The van der Waals surface area contributed by atoms with E-state index in [-0.39, 0.29) is 22.9 Å². The maximum Gasteiger partial charge on any atom is 0.276 e. The molecule has 3 N–H and O–H groups in total. The highest BCUT2D eigenvalue weighted by Crippen LogP contribution is 2.29. The normalized spacial score (nSPS) is 11.6. The second kappa shape index (κ2) is 14.5. The third kappa shape index (κ3) is 8.30. The number of anilines is 2. The molecule has 0 spiro atoms. The maximum atomic E-state index is 13.4. The molecule has 0 saturated carbocycles. The van der Waals surface area contributed by atoms with Gasteiger partial charge in [-0.15, -0.1) is 11.8 Å². The van der Waals surface area contributed by atoms with E-state index in [4.69, 9.17) is 4.74 Å². The Bertz CT molecular complexity index is 1680. The molecule has 0 aliphatic heterocycles. The first-order chi connectivity index (χ1) is 20.7. The third-order valence-electron chi connectivity index (χ3n) is 6.10. The molecule has 218 valence electrons. The molecule has 43 heavy (non-hydrogen) atoms. The molecule has 0 aliphatic rings. The Morgan fingerprint density at radius 2 is 1.58 bits per heavy atom. The van der Waals surface area contributed by atoms with Crippen molar-refractivity contribution in [3.63, 3.8) is 0 Å². The number of thioether (sulfide) groups is 1. The summed E-state index contributed by atoms with van der Waals surface area (Å²) in [7, 11) is 1.53. The molecule has 0 aromatic heterocycles. The van der Waals surface area contributed by atoms with Gasteiger partial charge in [-0.1, -0.05) is 48.5 Å². The van der Waals surface area contributed by atoms with Crippen LogP contribution in [0.3, 0.4) is 0 Å². The fourth-order valence-electron chi connectivity index (χ4n) is 3.96. The lowest BCUT2D eigenvalue weighted by atomic mass is 10.1. The summed E-state index contributed by atoms with van der Waals surface area (Å²) in [5.41, 5.74) is 0.993. The van der Waals surface area contributed by atoms with Crippen molar-refractivity contribution in [3.05, 3.63) is 130 Å². The highest BCUT2D eigenvalue weighted by molar-refractivity contribution is 8.00. The third-order valence-corrected chi connectivity index (χ3v) is 7.19. The number of nitrogens with zero attached hydrogens (tertiary/aromatic N) is 1. The van der Waals surface area contributed by atoms with Gasteiger partial charge in [-0.2, -0.15) is 0 Å². The van der Waals surface area contributed by atoms with Gasteiger partial charge in [0, 0.05) is 22.2 Å². The zero-order chi connectivity index (χ0) is 30.8. The van der Waals surface area contributed by atoms with Crippen LogP contribution in [0.1, 0.15) is 22.8 Å². The number of nitro benzene ring substituents is 1. The lowest BCUT2D eigenvalue weighted by Gasteiger charge is -2.15. The molecular formula is C32H28N4O6S. The minimum absolute atomic E-state index is 0.144. The maximum absolute atomic E-state index is 13.4. The van der Waals surface area contributed by atoms with Crippen molar-refractivity contribution in [2.24, 2.45) is 0 Å². The summed E-state index contributed by atoms with van der Waals surface area (Å²) in [5.74, 6) is -0.935. The summed E-state index contributed by atoms with van der Waals surface area (Å²) in [6.45, 7) is 1.76. The quantitative estimate of drug-likeness (QED) is 0.0819. The molecule has 0 heterocycles. The summed E-state index contributed by atoms with van der Waals surface area (Å²) in [6, 6.07) is 28.2. The summed E-state index contributed by atoms with van der Waals surface area (Å²) in [5, 5.41) is 19.3.